The molecule has 0 amide bonds. The molecule has 18 heavy (non-hydrogen) atoms. The van der Waals surface area contributed by atoms with Crippen LogP contribution < -0.4 is 5.32 Å². The van der Waals surface area contributed by atoms with E-state index in [0.717, 1.165) is 5.56 Å². The molecular formula is C10H7F4N3S. The van der Waals surface area contributed by atoms with Gasteiger partial charge < -0.3 is 5.32 Å². The Morgan fingerprint density at radius 3 is 2.39 bits per heavy atom. The second-order valence-electron chi connectivity index (χ2n) is 3.40. The number of benzene rings is 1. The number of nitrogens with one attached hydrogen (secondary N) is 1. The third-order valence-electron chi connectivity index (χ3n) is 2.04. The molecule has 1 heterocycles. The van der Waals surface area contributed by atoms with Crippen LogP contribution in [0.1, 0.15) is 11.4 Å². The molecule has 2 rings (SSSR count). The summed E-state index contributed by atoms with van der Waals surface area (Å²) in [6.45, 7) is 0.257. The van der Waals surface area contributed by atoms with Crippen LogP contribution in [0.15, 0.2) is 24.3 Å². The molecule has 0 unspecified atom stereocenters. The number of rotatable bonds is 3. The zero-order valence-electron chi connectivity index (χ0n) is 8.83. The number of aromatic nitrogens is 2. The summed E-state index contributed by atoms with van der Waals surface area (Å²) < 4.78 is 52.5. The van der Waals surface area contributed by atoms with E-state index in [-0.39, 0.29) is 17.5 Å². The van der Waals surface area contributed by atoms with E-state index < -0.39 is 12.0 Å². The number of hydrogen-bond donors (Lipinski definition) is 1. The van der Waals surface area contributed by atoms with Crippen LogP contribution in [-0.2, 0) is 12.7 Å². The highest BCUT2D eigenvalue weighted by Crippen LogP contribution is 2.29. The second-order valence-corrected chi connectivity index (χ2v) is 4.15. The van der Waals surface area contributed by atoms with Gasteiger partial charge in [0.15, 0.2) is 0 Å². The van der Waals surface area contributed by atoms with E-state index in [9.17, 15) is 17.6 Å². The third-order valence-corrected chi connectivity index (χ3v) is 2.71. The summed E-state index contributed by atoms with van der Waals surface area (Å²) in [5, 5.41) is 2.77. The van der Waals surface area contributed by atoms with Crippen LogP contribution in [0.4, 0.5) is 22.7 Å². The number of anilines is 1. The first-order valence-corrected chi connectivity index (χ1v) is 5.62. The maximum atomic E-state index is 12.6. The van der Waals surface area contributed by atoms with Crippen LogP contribution in [0.5, 0.6) is 0 Å². The predicted octanol–water partition coefficient (Wildman–Crippen LogP) is 3.31. The Morgan fingerprint density at radius 2 is 1.83 bits per heavy atom. The molecule has 1 N–H and O–H groups in total. The van der Waals surface area contributed by atoms with Gasteiger partial charge in [0.25, 0.3) is 0 Å². The van der Waals surface area contributed by atoms with Crippen molar-refractivity contribution in [2.45, 2.75) is 12.7 Å². The number of halogens is 4. The van der Waals surface area contributed by atoms with Crippen molar-refractivity contribution in [3.8, 4) is 0 Å². The molecular weight excluding hydrogens is 270 g/mol. The second kappa shape index (κ2) is 4.89. The Morgan fingerprint density at radius 1 is 1.17 bits per heavy atom. The Hall–Kier alpha value is -1.70. The Bertz CT molecular complexity index is 521. The van der Waals surface area contributed by atoms with Gasteiger partial charge in [-0.2, -0.15) is 22.5 Å². The van der Waals surface area contributed by atoms with Gasteiger partial charge in [0.1, 0.15) is 5.82 Å². The van der Waals surface area contributed by atoms with Gasteiger partial charge in [-0.1, -0.05) is 12.1 Å². The van der Waals surface area contributed by atoms with Gasteiger partial charge in [0.2, 0.25) is 11.0 Å². The summed E-state index contributed by atoms with van der Waals surface area (Å²) in [7, 11) is 0. The van der Waals surface area contributed by atoms with Crippen molar-refractivity contribution >= 4 is 16.7 Å². The van der Waals surface area contributed by atoms with Crippen LogP contribution >= 0.6 is 11.5 Å². The molecule has 1 aromatic heterocycles. The highest BCUT2D eigenvalue weighted by Gasteiger charge is 2.36. The summed E-state index contributed by atoms with van der Waals surface area (Å²) in [5.41, 5.74) is 0.736. The minimum atomic E-state index is -4.54. The van der Waals surface area contributed by atoms with Gasteiger partial charge in [-0.15, -0.1) is 0 Å². The maximum Gasteiger partial charge on any atom is 0.452 e. The van der Waals surface area contributed by atoms with Gasteiger partial charge in [-0.25, -0.2) is 4.39 Å². The molecule has 96 valence electrons. The van der Waals surface area contributed by atoms with E-state index in [1.165, 1.54) is 24.3 Å². The van der Waals surface area contributed by atoms with Crippen molar-refractivity contribution in [2.75, 3.05) is 5.32 Å². The van der Waals surface area contributed by atoms with E-state index in [2.05, 4.69) is 14.7 Å². The molecule has 0 aliphatic carbocycles. The number of hydrogen-bond acceptors (Lipinski definition) is 4. The van der Waals surface area contributed by atoms with E-state index in [4.69, 9.17) is 0 Å². The van der Waals surface area contributed by atoms with Crippen LogP contribution in [0.3, 0.4) is 0 Å². The zero-order chi connectivity index (χ0) is 13.2. The first-order valence-electron chi connectivity index (χ1n) is 4.84. The van der Waals surface area contributed by atoms with Crippen LogP contribution in [0.25, 0.3) is 0 Å². The fourth-order valence-corrected chi connectivity index (χ4v) is 1.77. The topological polar surface area (TPSA) is 37.8 Å². The molecule has 0 bridgehead atoms. The van der Waals surface area contributed by atoms with Crippen molar-refractivity contribution in [2.24, 2.45) is 0 Å². The van der Waals surface area contributed by atoms with E-state index in [0.29, 0.717) is 11.5 Å². The fraction of sp³-hybridized carbons (Fsp3) is 0.200. The molecule has 0 aliphatic heterocycles. The first-order chi connectivity index (χ1) is 8.45. The molecule has 0 aliphatic rings. The lowest BCUT2D eigenvalue weighted by Gasteiger charge is -2.02. The van der Waals surface area contributed by atoms with Gasteiger partial charge in [-0.05, 0) is 17.7 Å². The average molecular weight is 277 g/mol. The summed E-state index contributed by atoms with van der Waals surface area (Å²) in [4.78, 5) is 3.31. The standard InChI is InChI=1S/C10H7F4N3S/c11-7-3-1-6(2-4-7)5-15-9-16-8(17-18-9)10(12,13)14/h1-4H,5H2,(H,15,16,17). The molecule has 2 aromatic rings. The van der Waals surface area contributed by atoms with Crippen LogP contribution in [-0.4, -0.2) is 9.36 Å². The van der Waals surface area contributed by atoms with Crippen molar-refractivity contribution in [1.29, 1.82) is 0 Å². The molecule has 0 radical (unpaired) electrons. The summed E-state index contributed by atoms with van der Waals surface area (Å²) in [6, 6.07) is 5.62. The highest BCUT2D eigenvalue weighted by molar-refractivity contribution is 7.09. The molecule has 0 fully saturated rings. The zero-order valence-corrected chi connectivity index (χ0v) is 9.65. The van der Waals surface area contributed by atoms with Gasteiger partial charge in [0.05, 0.1) is 0 Å². The largest absolute Gasteiger partial charge is 0.452 e. The summed E-state index contributed by atoms with van der Waals surface area (Å²) in [6.07, 6.45) is -4.54. The Kier molecular flexibility index (Phi) is 3.46. The monoisotopic (exact) mass is 277 g/mol. The van der Waals surface area contributed by atoms with Gasteiger partial charge in [0, 0.05) is 18.1 Å². The Labute approximate surface area is 104 Å². The predicted molar refractivity (Wildman–Crippen MR) is 58.6 cm³/mol. The van der Waals surface area contributed by atoms with Gasteiger partial charge in [-0.3, -0.25) is 0 Å². The maximum absolute atomic E-state index is 12.6. The quantitative estimate of drug-likeness (QED) is 0.875. The van der Waals surface area contributed by atoms with Crippen molar-refractivity contribution < 1.29 is 17.6 Å². The van der Waals surface area contributed by atoms with Gasteiger partial charge >= 0.3 is 6.18 Å². The van der Waals surface area contributed by atoms with E-state index >= 15 is 0 Å². The summed E-state index contributed by atoms with van der Waals surface area (Å²) in [5.74, 6) is -1.52. The van der Waals surface area contributed by atoms with Crippen molar-refractivity contribution in [3.05, 3.63) is 41.5 Å². The molecule has 8 heteroatoms. The molecule has 0 atom stereocenters. The number of alkyl halides is 3. The highest BCUT2D eigenvalue weighted by atomic mass is 32.1. The number of nitrogens with zero attached hydrogens (tertiary/aromatic N) is 2. The Balaban J connectivity index is 1.98. The molecule has 3 nitrogen and oxygen atoms in total. The van der Waals surface area contributed by atoms with Crippen molar-refractivity contribution in [1.82, 2.24) is 9.36 Å². The molecule has 0 saturated carbocycles. The summed E-state index contributed by atoms with van der Waals surface area (Å²) >= 11 is 0.633. The SMILES string of the molecule is Fc1ccc(CNc2nc(C(F)(F)F)ns2)cc1. The third kappa shape index (κ3) is 3.16. The van der Waals surface area contributed by atoms with Crippen LogP contribution in [0.2, 0.25) is 0 Å². The smallest absolute Gasteiger partial charge is 0.356 e. The lowest BCUT2D eigenvalue weighted by Crippen LogP contribution is -2.07. The van der Waals surface area contributed by atoms with Crippen LogP contribution in [0, 0.1) is 5.82 Å². The van der Waals surface area contributed by atoms with Crippen molar-refractivity contribution in [3.63, 3.8) is 0 Å². The normalized spacial score (nSPS) is 11.6. The minimum absolute atomic E-state index is 0.0756. The van der Waals surface area contributed by atoms with E-state index in [1.807, 2.05) is 0 Å². The first kappa shape index (κ1) is 12.7. The lowest BCUT2D eigenvalue weighted by molar-refractivity contribution is -0.144. The molecule has 1 aromatic carbocycles. The molecule has 0 spiro atoms. The average Bonchev–Trinajstić information content (AvgIpc) is 2.77. The minimum Gasteiger partial charge on any atom is -0.356 e. The van der Waals surface area contributed by atoms with E-state index in [1.54, 1.807) is 0 Å². The molecule has 0 saturated heterocycles. The lowest BCUT2D eigenvalue weighted by atomic mass is 10.2. The fourth-order valence-electron chi connectivity index (χ4n) is 1.19.